The van der Waals surface area contributed by atoms with Crippen molar-refractivity contribution in [2.24, 2.45) is 0 Å². The minimum absolute atomic E-state index is 0.328. The number of carbonyl (C=O) groups is 2. The highest BCUT2D eigenvalue weighted by molar-refractivity contribution is 5.93. The quantitative estimate of drug-likeness (QED) is 0.645. The molecule has 0 radical (unpaired) electrons. The molecule has 0 aliphatic heterocycles. The van der Waals surface area contributed by atoms with Crippen molar-refractivity contribution >= 4 is 17.6 Å². The van der Waals surface area contributed by atoms with Gasteiger partial charge in [-0.3, -0.25) is 4.79 Å². The summed E-state index contributed by atoms with van der Waals surface area (Å²) in [5.74, 6) is 0.466. The molecule has 1 N–H and O–H groups in total. The van der Waals surface area contributed by atoms with Gasteiger partial charge in [-0.2, -0.15) is 0 Å². The maximum absolute atomic E-state index is 11.7. The van der Waals surface area contributed by atoms with Gasteiger partial charge in [-0.1, -0.05) is 23.8 Å². The number of benzene rings is 2. The van der Waals surface area contributed by atoms with Gasteiger partial charge >= 0.3 is 5.97 Å². The van der Waals surface area contributed by atoms with Crippen LogP contribution in [0.1, 0.15) is 13.8 Å². The van der Waals surface area contributed by atoms with Crippen LogP contribution in [0.15, 0.2) is 66.2 Å². The highest BCUT2D eigenvalue weighted by Crippen LogP contribution is 2.22. The first-order valence-corrected chi connectivity index (χ1v) is 7.47. The average Bonchev–Trinajstić information content (AvgIpc) is 2.55. The molecule has 0 heterocycles. The van der Waals surface area contributed by atoms with Crippen LogP contribution in [0.3, 0.4) is 0 Å². The molecule has 0 saturated heterocycles. The number of carbonyl (C=O) groups excluding carboxylic acids is 2. The molecule has 0 aromatic heterocycles. The first-order valence-electron chi connectivity index (χ1n) is 7.47. The Balaban J connectivity index is 1.84. The number of hydrogen-bond acceptors (Lipinski definition) is 4. The van der Waals surface area contributed by atoms with Crippen molar-refractivity contribution in [3.8, 4) is 11.5 Å². The lowest BCUT2D eigenvalue weighted by Crippen LogP contribution is -2.20. The Bertz CT molecular complexity index is 717. The Morgan fingerprint density at radius 3 is 2.21 bits per heavy atom. The fourth-order valence-corrected chi connectivity index (χ4v) is 1.84. The van der Waals surface area contributed by atoms with E-state index < -0.39 is 11.9 Å². The minimum atomic E-state index is -0.531. The Kier molecular flexibility index (Phi) is 6.14. The van der Waals surface area contributed by atoms with Crippen molar-refractivity contribution < 1.29 is 19.1 Å². The van der Waals surface area contributed by atoms with Crippen LogP contribution in [0.2, 0.25) is 0 Å². The number of rotatable bonds is 6. The van der Waals surface area contributed by atoms with E-state index >= 15 is 0 Å². The number of esters is 1. The van der Waals surface area contributed by atoms with Crippen molar-refractivity contribution in [1.29, 1.82) is 0 Å². The predicted octanol–water partition coefficient (Wildman–Crippen LogP) is 3.93. The highest BCUT2D eigenvalue weighted by atomic mass is 16.5. The van der Waals surface area contributed by atoms with E-state index in [0.29, 0.717) is 11.4 Å². The summed E-state index contributed by atoms with van der Waals surface area (Å²) in [6, 6.07) is 16.3. The van der Waals surface area contributed by atoms with Crippen LogP contribution in [-0.4, -0.2) is 18.5 Å². The normalized spacial score (nSPS) is 9.75. The first-order chi connectivity index (χ1) is 11.5. The maximum atomic E-state index is 11.7. The number of anilines is 1. The molecule has 2 rings (SSSR count). The van der Waals surface area contributed by atoms with Crippen LogP contribution in [0.4, 0.5) is 5.69 Å². The number of amides is 1. The number of para-hydroxylation sites is 1. The summed E-state index contributed by atoms with van der Waals surface area (Å²) in [6.07, 6.45) is 1.34. The van der Waals surface area contributed by atoms with Gasteiger partial charge in [0.2, 0.25) is 0 Å². The van der Waals surface area contributed by atoms with E-state index in [-0.39, 0.29) is 6.61 Å². The van der Waals surface area contributed by atoms with Crippen LogP contribution in [0, 0.1) is 0 Å². The van der Waals surface area contributed by atoms with Gasteiger partial charge in [0, 0.05) is 11.8 Å². The van der Waals surface area contributed by atoms with Gasteiger partial charge in [0.25, 0.3) is 5.91 Å². The highest BCUT2D eigenvalue weighted by Gasteiger charge is 2.06. The molecular weight excluding hydrogens is 306 g/mol. The molecule has 1 amide bonds. The van der Waals surface area contributed by atoms with Crippen LogP contribution >= 0.6 is 0 Å². The second-order valence-corrected chi connectivity index (χ2v) is 5.32. The molecule has 5 nitrogen and oxygen atoms in total. The van der Waals surface area contributed by atoms with E-state index in [1.54, 1.807) is 38.1 Å². The van der Waals surface area contributed by atoms with Crippen molar-refractivity contribution in [2.45, 2.75) is 13.8 Å². The van der Waals surface area contributed by atoms with E-state index in [2.05, 4.69) is 5.32 Å². The topological polar surface area (TPSA) is 64.6 Å². The molecule has 0 atom stereocenters. The number of allylic oxidation sites excluding steroid dienone is 1. The summed E-state index contributed by atoms with van der Waals surface area (Å²) < 4.78 is 10.5. The van der Waals surface area contributed by atoms with Crippen LogP contribution in [0.5, 0.6) is 11.5 Å². The summed E-state index contributed by atoms with van der Waals surface area (Å²) in [5, 5.41) is 2.65. The number of hydrogen-bond donors (Lipinski definition) is 1. The third kappa shape index (κ3) is 5.96. The lowest BCUT2D eigenvalue weighted by atomic mass is 10.3. The molecule has 0 aliphatic carbocycles. The minimum Gasteiger partial charge on any atom is -0.457 e. The average molecular weight is 325 g/mol. The number of ether oxygens (including phenoxy) is 2. The smallest absolute Gasteiger partial charge is 0.331 e. The second kappa shape index (κ2) is 8.53. The molecule has 24 heavy (non-hydrogen) atoms. The lowest BCUT2D eigenvalue weighted by Gasteiger charge is -2.08. The Labute approximate surface area is 140 Å². The van der Waals surface area contributed by atoms with Gasteiger partial charge < -0.3 is 14.8 Å². The molecule has 5 heteroatoms. The van der Waals surface area contributed by atoms with E-state index in [9.17, 15) is 9.59 Å². The van der Waals surface area contributed by atoms with Crippen molar-refractivity contribution in [2.75, 3.05) is 11.9 Å². The first kappa shape index (κ1) is 17.3. The van der Waals surface area contributed by atoms with Crippen LogP contribution < -0.4 is 10.1 Å². The molecular formula is C19H19NO4. The van der Waals surface area contributed by atoms with Crippen molar-refractivity contribution in [3.63, 3.8) is 0 Å². The monoisotopic (exact) mass is 325 g/mol. The SMILES string of the molecule is CC(C)=CC(=O)OCC(=O)Nc1ccc(Oc2ccccc2)cc1. The second-order valence-electron chi connectivity index (χ2n) is 5.32. The predicted molar refractivity (Wildman–Crippen MR) is 92.0 cm³/mol. The zero-order valence-corrected chi connectivity index (χ0v) is 13.6. The maximum Gasteiger partial charge on any atom is 0.331 e. The van der Waals surface area contributed by atoms with Gasteiger partial charge in [-0.15, -0.1) is 0 Å². The Hall–Kier alpha value is -3.08. The summed E-state index contributed by atoms with van der Waals surface area (Å²) in [4.78, 5) is 23.1. The van der Waals surface area contributed by atoms with Gasteiger partial charge in [-0.05, 0) is 50.2 Å². The van der Waals surface area contributed by atoms with Gasteiger partial charge in [-0.25, -0.2) is 4.79 Å². The van der Waals surface area contributed by atoms with E-state index in [4.69, 9.17) is 9.47 Å². The number of nitrogens with one attached hydrogen (secondary N) is 1. The molecule has 2 aromatic carbocycles. The molecule has 2 aromatic rings. The van der Waals surface area contributed by atoms with Crippen LogP contribution in [0.25, 0.3) is 0 Å². The summed E-state index contributed by atoms with van der Waals surface area (Å²) in [6.45, 7) is 3.23. The molecule has 0 bridgehead atoms. The van der Waals surface area contributed by atoms with E-state index in [0.717, 1.165) is 11.3 Å². The molecule has 0 aliphatic rings. The van der Waals surface area contributed by atoms with E-state index in [1.807, 2.05) is 30.3 Å². The summed E-state index contributed by atoms with van der Waals surface area (Å²) in [7, 11) is 0. The molecule has 0 spiro atoms. The molecule has 0 unspecified atom stereocenters. The van der Waals surface area contributed by atoms with Crippen molar-refractivity contribution in [1.82, 2.24) is 0 Å². The van der Waals surface area contributed by atoms with Crippen LogP contribution in [-0.2, 0) is 14.3 Å². The van der Waals surface area contributed by atoms with Crippen molar-refractivity contribution in [3.05, 3.63) is 66.2 Å². The Morgan fingerprint density at radius 1 is 0.958 bits per heavy atom. The summed E-state index contributed by atoms with van der Waals surface area (Å²) >= 11 is 0. The van der Waals surface area contributed by atoms with Gasteiger partial charge in [0.1, 0.15) is 11.5 Å². The largest absolute Gasteiger partial charge is 0.457 e. The Morgan fingerprint density at radius 2 is 1.58 bits per heavy atom. The molecule has 124 valence electrons. The van der Waals surface area contributed by atoms with Gasteiger partial charge in [0.05, 0.1) is 0 Å². The van der Waals surface area contributed by atoms with Gasteiger partial charge in [0.15, 0.2) is 6.61 Å². The fraction of sp³-hybridized carbons (Fsp3) is 0.158. The zero-order chi connectivity index (χ0) is 17.4. The molecule has 0 fully saturated rings. The third-order valence-electron chi connectivity index (χ3n) is 2.87. The fourth-order valence-electron chi connectivity index (χ4n) is 1.84. The standard InChI is InChI=1S/C19H19NO4/c1-14(2)12-19(22)23-13-18(21)20-15-8-10-17(11-9-15)24-16-6-4-3-5-7-16/h3-12H,13H2,1-2H3,(H,20,21). The lowest BCUT2D eigenvalue weighted by molar-refractivity contribution is -0.142. The van der Waals surface area contributed by atoms with E-state index in [1.165, 1.54) is 6.08 Å². The third-order valence-corrected chi connectivity index (χ3v) is 2.87. The summed E-state index contributed by atoms with van der Waals surface area (Å²) in [5.41, 5.74) is 1.41. The molecule has 0 saturated carbocycles. The zero-order valence-electron chi connectivity index (χ0n) is 13.6.